The number of hydrogen-bond acceptors (Lipinski definition) is 4. The molecule has 3 rings (SSSR count). The summed E-state index contributed by atoms with van der Waals surface area (Å²) in [7, 11) is 1.89. The number of fused-ring (bicyclic) bond motifs is 1. The molecule has 4 nitrogen and oxygen atoms in total. The monoisotopic (exact) mass is 247 g/mol. The first-order valence-corrected chi connectivity index (χ1v) is 6.80. The maximum absolute atomic E-state index is 9.91. The van der Waals surface area contributed by atoms with Crippen molar-refractivity contribution in [3.63, 3.8) is 0 Å². The highest BCUT2D eigenvalue weighted by Gasteiger charge is 2.41. The average molecular weight is 247 g/mol. The molecule has 2 N–H and O–H groups in total. The summed E-state index contributed by atoms with van der Waals surface area (Å²) in [4.78, 5) is 6.98. The van der Waals surface area contributed by atoms with Crippen molar-refractivity contribution in [1.29, 1.82) is 0 Å². The Kier molecular flexibility index (Phi) is 3.22. The SMILES string of the molecule is CNc1cccc(CN2CC3CCC(O)C3C2)n1. The second kappa shape index (κ2) is 4.86. The molecule has 18 heavy (non-hydrogen) atoms. The van der Waals surface area contributed by atoms with Crippen molar-refractivity contribution in [2.45, 2.75) is 25.5 Å². The van der Waals surface area contributed by atoms with Crippen LogP contribution in [0.2, 0.25) is 0 Å². The molecule has 2 fully saturated rings. The van der Waals surface area contributed by atoms with E-state index in [4.69, 9.17) is 0 Å². The maximum Gasteiger partial charge on any atom is 0.126 e. The molecule has 0 aromatic carbocycles. The minimum Gasteiger partial charge on any atom is -0.393 e. The molecule has 0 amide bonds. The Bertz CT molecular complexity index is 423. The summed E-state index contributed by atoms with van der Waals surface area (Å²) in [5.41, 5.74) is 1.11. The van der Waals surface area contributed by atoms with Gasteiger partial charge in [-0.15, -0.1) is 0 Å². The Morgan fingerprint density at radius 3 is 3.06 bits per heavy atom. The highest BCUT2D eigenvalue weighted by Crippen LogP contribution is 2.38. The second-order valence-corrected chi connectivity index (χ2v) is 5.53. The molecule has 0 spiro atoms. The molecule has 2 aliphatic rings. The third-order valence-electron chi connectivity index (χ3n) is 4.34. The predicted octanol–water partition coefficient (Wildman–Crippen LogP) is 1.33. The number of nitrogens with one attached hydrogen (secondary N) is 1. The molecule has 1 aliphatic heterocycles. The number of aliphatic hydroxyl groups excluding tert-OH is 1. The molecular weight excluding hydrogens is 226 g/mol. The molecule has 0 radical (unpaired) electrons. The van der Waals surface area contributed by atoms with Crippen LogP contribution in [-0.2, 0) is 6.54 Å². The first-order valence-electron chi connectivity index (χ1n) is 6.80. The number of anilines is 1. The van der Waals surface area contributed by atoms with Crippen LogP contribution in [0.5, 0.6) is 0 Å². The minimum atomic E-state index is -0.0726. The van der Waals surface area contributed by atoms with Crippen LogP contribution in [0.15, 0.2) is 18.2 Å². The third kappa shape index (κ3) is 2.22. The van der Waals surface area contributed by atoms with E-state index >= 15 is 0 Å². The van der Waals surface area contributed by atoms with Gasteiger partial charge in [0.05, 0.1) is 11.8 Å². The van der Waals surface area contributed by atoms with Gasteiger partial charge >= 0.3 is 0 Å². The number of pyridine rings is 1. The lowest BCUT2D eigenvalue weighted by atomic mass is 10.00. The van der Waals surface area contributed by atoms with Gasteiger partial charge < -0.3 is 10.4 Å². The lowest BCUT2D eigenvalue weighted by Gasteiger charge is -2.17. The minimum absolute atomic E-state index is 0.0726. The lowest BCUT2D eigenvalue weighted by molar-refractivity contribution is 0.123. The fourth-order valence-corrected chi connectivity index (χ4v) is 3.39. The van der Waals surface area contributed by atoms with Gasteiger partial charge in [-0.05, 0) is 30.9 Å². The summed E-state index contributed by atoms with van der Waals surface area (Å²) in [6, 6.07) is 6.09. The normalized spacial score (nSPS) is 31.6. The number of hydrogen-bond donors (Lipinski definition) is 2. The molecule has 4 heteroatoms. The van der Waals surface area contributed by atoms with Crippen molar-refractivity contribution in [3.8, 4) is 0 Å². The standard InChI is InChI=1S/C14H21N3O/c1-15-14-4-2-3-11(16-14)8-17-7-10-5-6-13(18)12(10)9-17/h2-4,10,12-13,18H,5-9H2,1H3,(H,15,16). The van der Waals surface area contributed by atoms with E-state index in [1.54, 1.807) is 0 Å². The van der Waals surface area contributed by atoms with Crippen molar-refractivity contribution in [2.75, 3.05) is 25.5 Å². The van der Waals surface area contributed by atoms with Crippen molar-refractivity contribution >= 4 is 5.82 Å². The van der Waals surface area contributed by atoms with Gasteiger partial charge in [0.2, 0.25) is 0 Å². The van der Waals surface area contributed by atoms with Gasteiger partial charge in [-0.1, -0.05) is 6.07 Å². The molecule has 1 saturated carbocycles. The molecule has 2 heterocycles. The van der Waals surface area contributed by atoms with Crippen LogP contribution in [0.25, 0.3) is 0 Å². The fraction of sp³-hybridized carbons (Fsp3) is 0.643. The summed E-state index contributed by atoms with van der Waals surface area (Å²) in [5.74, 6) is 2.12. The number of nitrogens with zero attached hydrogens (tertiary/aromatic N) is 2. The summed E-state index contributed by atoms with van der Waals surface area (Å²) >= 11 is 0. The van der Waals surface area contributed by atoms with Crippen LogP contribution < -0.4 is 5.32 Å². The number of aromatic nitrogens is 1. The van der Waals surface area contributed by atoms with E-state index in [-0.39, 0.29) is 6.10 Å². The molecule has 0 bridgehead atoms. The largest absolute Gasteiger partial charge is 0.393 e. The van der Waals surface area contributed by atoms with E-state index < -0.39 is 0 Å². The van der Waals surface area contributed by atoms with Gasteiger partial charge in [-0.25, -0.2) is 4.98 Å². The van der Waals surface area contributed by atoms with Gasteiger partial charge in [0.1, 0.15) is 5.82 Å². The van der Waals surface area contributed by atoms with Crippen LogP contribution in [0.1, 0.15) is 18.5 Å². The Balaban J connectivity index is 1.64. The van der Waals surface area contributed by atoms with Gasteiger partial charge in [-0.2, -0.15) is 0 Å². The number of likely N-dealkylation sites (tertiary alicyclic amines) is 1. The van der Waals surface area contributed by atoms with E-state index in [9.17, 15) is 5.11 Å². The van der Waals surface area contributed by atoms with Gasteiger partial charge in [0, 0.05) is 32.6 Å². The lowest BCUT2D eigenvalue weighted by Crippen LogP contribution is -2.24. The summed E-state index contributed by atoms with van der Waals surface area (Å²) in [5, 5.41) is 13.0. The molecule has 1 aromatic rings. The molecular formula is C14H21N3O. The van der Waals surface area contributed by atoms with Crippen LogP contribution in [0.3, 0.4) is 0 Å². The van der Waals surface area contributed by atoms with E-state index in [2.05, 4.69) is 21.3 Å². The van der Waals surface area contributed by atoms with Crippen LogP contribution in [0, 0.1) is 11.8 Å². The quantitative estimate of drug-likeness (QED) is 0.846. The first-order chi connectivity index (χ1) is 8.76. The number of rotatable bonds is 3. The predicted molar refractivity (Wildman–Crippen MR) is 71.3 cm³/mol. The summed E-state index contributed by atoms with van der Waals surface area (Å²) in [6.07, 6.45) is 2.11. The zero-order chi connectivity index (χ0) is 12.5. The van der Waals surface area contributed by atoms with Crippen molar-refractivity contribution in [1.82, 2.24) is 9.88 Å². The van der Waals surface area contributed by atoms with E-state index in [1.807, 2.05) is 19.2 Å². The van der Waals surface area contributed by atoms with E-state index in [0.717, 1.165) is 37.6 Å². The molecule has 3 atom stereocenters. The highest BCUT2D eigenvalue weighted by atomic mass is 16.3. The Labute approximate surface area is 108 Å². The Hall–Kier alpha value is -1.13. The van der Waals surface area contributed by atoms with Crippen molar-refractivity contribution in [3.05, 3.63) is 23.9 Å². The van der Waals surface area contributed by atoms with Crippen LogP contribution in [0.4, 0.5) is 5.82 Å². The van der Waals surface area contributed by atoms with E-state index in [0.29, 0.717) is 11.8 Å². The van der Waals surface area contributed by atoms with Crippen LogP contribution in [-0.4, -0.2) is 41.2 Å². The zero-order valence-electron chi connectivity index (χ0n) is 10.8. The van der Waals surface area contributed by atoms with E-state index in [1.165, 1.54) is 6.42 Å². The summed E-state index contributed by atoms with van der Waals surface area (Å²) < 4.78 is 0. The maximum atomic E-state index is 9.91. The second-order valence-electron chi connectivity index (χ2n) is 5.53. The van der Waals surface area contributed by atoms with Gasteiger partial charge in [0.15, 0.2) is 0 Å². The molecule has 1 aromatic heterocycles. The van der Waals surface area contributed by atoms with Crippen LogP contribution >= 0.6 is 0 Å². The number of aliphatic hydroxyl groups is 1. The topological polar surface area (TPSA) is 48.4 Å². The fourth-order valence-electron chi connectivity index (χ4n) is 3.39. The highest BCUT2D eigenvalue weighted by molar-refractivity contribution is 5.34. The Morgan fingerprint density at radius 2 is 2.28 bits per heavy atom. The zero-order valence-corrected chi connectivity index (χ0v) is 10.8. The average Bonchev–Trinajstić information content (AvgIpc) is 2.92. The summed E-state index contributed by atoms with van der Waals surface area (Å²) in [6.45, 7) is 3.04. The first kappa shape index (κ1) is 11.9. The van der Waals surface area contributed by atoms with Gasteiger partial charge in [0.25, 0.3) is 0 Å². The smallest absolute Gasteiger partial charge is 0.126 e. The molecule has 98 valence electrons. The molecule has 1 saturated heterocycles. The Morgan fingerprint density at radius 1 is 1.39 bits per heavy atom. The van der Waals surface area contributed by atoms with Crippen molar-refractivity contribution in [2.24, 2.45) is 11.8 Å². The molecule has 3 unspecified atom stereocenters. The third-order valence-corrected chi connectivity index (χ3v) is 4.34. The van der Waals surface area contributed by atoms with Crippen molar-refractivity contribution < 1.29 is 5.11 Å². The van der Waals surface area contributed by atoms with Gasteiger partial charge in [-0.3, -0.25) is 4.90 Å². The molecule has 1 aliphatic carbocycles.